The van der Waals surface area contributed by atoms with Gasteiger partial charge in [-0.25, -0.2) is 8.42 Å². The summed E-state index contributed by atoms with van der Waals surface area (Å²) in [4.78, 5) is 12.5. The van der Waals surface area contributed by atoms with E-state index in [1.807, 2.05) is 32.0 Å². The minimum absolute atomic E-state index is 0.134. The molecule has 0 aliphatic carbocycles. The van der Waals surface area contributed by atoms with Crippen molar-refractivity contribution in [2.45, 2.75) is 38.1 Å². The Bertz CT molecular complexity index is 817. The standard InChI is InChI=1S/C18H22N2O3S/c1-4-15-10-8-9-13(2)17(15)19-18(21)14(3)20-24(22,23)16-11-6-5-7-12-16/h5-12,14,20H,4H2,1-3H3,(H,19,21). The van der Waals surface area contributed by atoms with E-state index in [2.05, 4.69) is 10.0 Å². The summed E-state index contributed by atoms with van der Waals surface area (Å²) in [6.07, 6.45) is 0.779. The van der Waals surface area contributed by atoms with Crippen molar-refractivity contribution in [3.63, 3.8) is 0 Å². The van der Waals surface area contributed by atoms with Crippen LogP contribution in [0.1, 0.15) is 25.0 Å². The number of para-hydroxylation sites is 1. The molecule has 6 heteroatoms. The number of sulfonamides is 1. The fraction of sp³-hybridized carbons (Fsp3) is 0.278. The number of amides is 1. The Balaban J connectivity index is 2.14. The highest BCUT2D eigenvalue weighted by atomic mass is 32.2. The van der Waals surface area contributed by atoms with Crippen molar-refractivity contribution in [1.82, 2.24) is 4.72 Å². The third-order valence-corrected chi connectivity index (χ3v) is 5.32. The summed E-state index contributed by atoms with van der Waals surface area (Å²) in [6, 6.07) is 12.9. The number of hydrogen-bond donors (Lipinski definition) is 2. The predicted molar refractivity (Wildman–Crippen MR) is 95.4 cm³/mol. The third kappa shape index (κ3) is 4.21. The molecule has 0 aromatic heterocycles. The van der Waals surface area contributed by atoms with Crippen molar-refractivity contribution in [2.75, 3.05) is 5.32 Å². The van der Waals surface area contributed by atoms with Crippen LogP contribution in [0.4, 0.5) is 5.69 Å². The second-order valence-electron chi connectivity index (χ2n) is 5.61. The molecular formula is C18H22N2O3S. The smallest absolute Gasteiger partial charge is 0.242 e. The van der Waals surface area contributed by atoms with E-state index in [1.54, 1.807) is 18.2 Å². The zero-order valence-corrected chi connectivity index (χ0v) is 14.9. The van der Waals surface area contributed by atoms with E-state index in [-0.39, 0.29) is 4.90 Å². The van der Waals surface area contributed by atoms with Gasteiger partial charge in [0.2, 0.25) is 15.9 Å². The maximum atomic E-state index is 12.4. The SMILES string of the molecule is CCc1cccc(C)c1NC(=O)C(C)NS(=O)(=O)c1ccccc1. The van der Waals surface area contributed by atoms with Crippen LogP contribution in [0, 0.1) is 6.92 Å². The molecule has 0 aliphatic heterocycles. The average molecular weight is 346 g/mol. The van der Waals surface area contributed by atoms with Crippen LogP contribution in [-0.2, 0) is 21.2 Å². The summed E-state index contributed by atoms with van der Waals surface area (Å²) < 4.78 is 27.0. The average Bonchev–Trinajstić information content (AvgIpc) is 2.57. The van der Waals surface area contributed by atoms with E-state index in [9.17, 15) is 13.2 Å². The second-order valence-corrected chi connectivity index (χ2v) is 7.32. The van der Waals surface area contributed by atoms with Gasteiger partial charge in [0.1, 0.15) is 0 Å². The molecule has 5 nitrogen and oxygen atoms in total. The highest BCUT2D eigenvalue weighted by Gasteiger charge is 2.22. The molecule has 2 aromatic carbocycles. The molecule has 128 valence electrons. The summed E-state index contributed by atoms with van der Waals surface area (Å²) in [5.74, 6) is -0.390. The topological polar surface area (TPSA) is 75.3 Å². The fourth-order valence-corrected chi connectivity index (χ4v) is 3.61. The van der Waals surface area contributed by atoms with Crippen LogP contribution in [0.2, 0.25) is 0 Å². The van der Waals surface area contributed by atoms with Crippen LogP contribution in [0.5, 0.6) is 0 Å². The highest BCUT2D eigenvalue weighted by molar-refractivity contribution is 7.89. The van der Waals surface area contributed by atoms with Crippen molar-refractivity contribution < 1.29 is 13.2 Å². The van der Waals surface area contributed by atoms with Crippen molar-refractivity contribution in [3.8, 4) is 0 Å². The van der Waals surface area contributed by atoms with Gasteiger partial charge in [-0.15, -0.1) is 0 Å². The number of nitrogens with one attached hydrogen (secondary N) is 2. The van der Waals surface area contributed by atoms with E-state index < -0.39 is 22.0 Å². The molecule has 1 unspecified atom stereocenters. The zero-order valence-electron chi connectivity index (χ0n) is 14.0. The van der Waals surface area contributed by atoms with Crippen LogP contribution in [0.25, 0.3) is 0 Å². The van der Waals surface area contributed by atoms with Crippen LogP contribution >= 0.6 is 0 Å². The quantitative estimate of drug-likeness (QED) is 0.844. The number of carbonyl (C=O) groups is 1. The number of anilines is 1. The Morgan fingerprint density at radius 1 is 1.08 bits per heavy atom. The van der Waals surface area contributed by atoms with E-state index in [4.69, 9.17) is 0 Å². The lowest BCUT2D eigenvalue weighted by Gasteiger charge is -2.17. The van der Waals surface area contributed by atoms with Crippen molar-refractivity contribution in [1.29, 1.82) is 0 Å². The zero-order chi connectivity index (χ0) is 17.7. The molecule has 0 heterocycles. The molecule has 0 fully saturated rings. The normalized spacial score (nSPS) is 12.6. The molecule has 2 rings (SSSR count). The molecule has 2 aromatic rings. The Hall–Kier alpha value is -2.18. The predicted octanol–water partition coefficient (Wildman–Crippen LogP) is 2.86. The fourth-order valence-electron chi connectivity index (χ4n) is 2.39. The molecular weight excluding hydrogens is 324 g/mol. The Kier molecular flexibility index (Phi) is 5.75. The van der Waals surface area contributed by atoms with E-state index in [1.165, 1.54) is 19.1 Å². The molecule has 1 amide bonds. The van der Waals surface area contributed by atoms with E-state index >= 15 is 0 Å². The molecule has 2 N–H and O–H groups in total. The Labute approximate surface area is 143 Å². The molecule has 24 heavy (non-hydrogen) atoms. The lowest BCUT2D eigenvalue weighted by atomic mass is 10.1. The lowest BCUT2D eigenvalue weighted by Crippen LogP contribution is -2.41. The van der Waals surface area contributed by atoms with Crippen LogP contribution in [-0.4, -0.2) is 20.4 Å². The number of hydrogen-bond acceptors (Lipinski definition) is 3. The first kappa shape index (κ1) is 18.2. The van der Waals surface area contributed by atoms with Gasteiger partial charge in [-0.1, -0.05) is 43.3 Å². The summed E-state index contributed by atoms with van der Waals surface area (Å²) >= 11 is 0. The number of benzene rings is 2. The van der Waals surface area contributed by atoms with Gasteiger partial charge in [-0.3, -0.25) is 4.79 Å². The van der Waals surface area contributed by atoms with Gasteiger partial charge in [-0.2, -0.15) is 4.72 Å². The summed E-state index contributed by atoms with van der Waals surface area (Å²) in [5, 5.41) is 2.84. The minimum Gasteiger partial charge on any atom is -0.324 e. The van der Waals surface area contributed by atoms with Crippen LogP contribution < -0.4 is 10.0 Å². The number of carbonyl (C=O) groups excluding carboxylic acids is 1. The molecule has 0 aliphatic rings. The van der Waals surface area contributed by atoms with Crippen molar-refractivity contribution in [2.24, 2.45) is 0 Å². The van der Waals surface area contributed by atoms with E-state index in [0.717, 1.165) is 23.2 Å². The maximum absolute atomic E-state index is 12.4. The van der Waals surface area contributed by atoms with Gasteiger partial charge in [-0.05, 0) is 43.5 Å². The molecule has 0 saturated carbocycles. The summed E-state index contributed by atoms with van der Waals surface area (Å²) in [7, 11) is -3.73. The van der Waals surface area contributed by atoms with Gasteiger partial charge < -0.3 is 5.32 Å². The third-order valence-electron chi connectivity index (χ3n) is 3.77. The first-order valence-electron chi connectivity index (χ1n) is 7.82. The summed E-state index contributed by atoms with van der Waals surface area (Å²) in [6.45, 7) is 5.44. The molecule has 0 bridgehead atoms. The molecule has 0 radical (unpaired) electrons. The number of aryl methyl sites for hydroxylation is 2. The Morgan fingerprint density at radius 2 is 1.75 bits per heavy atom. The lowest BCUT2D eigenvalue weighted by molar-refractivity contribution is -0.117. The van der Waals surface area contributed by atoms with Gasteiger partial charge in [0.15, 0.2) is 0 Å². The first-order chi connectivity index (χ1) is 11.3. The Morgan fingerprint density at radius 3 is 2.38 bits per heavy atom. The number of rotatable bonds is 6. The van der Waals surface area contributed by atoms with Crippen LogP contribution in [0.3, 0.4) is 0 Å². The van der Waals surface area contributed by atoms with Gasteiger partial charge >= 0.3 is 0 Å². The second kappa shape index (κ2) is 7.59. The molecule has 0 saturated heterocycles. The highest BCUT2D eigenvalue weighted by Crippen LogP contribution is 2.21. The first-order valence-corrected chi connectivity index (χ1v) is 9.30. The summed E-state index contributed by atoms with van der Waals surface area (Å²) in [5.41, 5.74) is 2.71. The van der Waals surface area contributed by atoms with E-state index in [0.29, 0.717) is 0 Å². The maximum Gasteiger partial charge on any atom is 0.242 e. The minimum atomic E-state index is -3.73. The van der Waals surface area contributed by atoms with Crippen LogP contribution in [0.15, 0.2) is 53.4 Å². The molecule has 1 atom stereocenters. The molecule has 0 spiro atoms. The van der Waals surface area contributed by atoms with Gasteiger partial charge in [0.05, 0.1) is 10.9 Å². The van der Waals surface area contributed by atoms with Crippen molar-refractivity contribution >= 4 is 21.6 Å². The largest absolute Gasteiger partial charge is 0.324 e. The van der Waals surface area contributed by atoms with Crippen molar-refractivity contribution in [3.05, 3.63) is 59.7 Å². The van der Waals surface area contributed by atoms with Gasteiger partial charge in [0, 0.05) is 5.69 Å². The monoisotopic (exact) mass is 346 g/mol. The van der Waals surface area contributed by atoms with Gasteiger partial charge in [0.25, 0.3) is 0 Å².